The van der Waals surface area contributed by atoms with Crippen LogP contribution in [0.2, 0.25) is 0 Å². The van der Waals surface area contributed by atoms with Crippen LogP contribution in [0.1, 0.15) is 18.1 Å². The molecule has 4 heteroatoms. The van der Waals surface area contributed by atoms with E-state index >= 15 is 0 Å². The molecule has 1 atom stereocenters. The molecule has 1 aromatic carbocycles. The number of hydrogen-bond donors (Lipinski definition) is 2. The van der Waals surface area contributed by atoms with Gasteiger partial charge in [-0.15, -0.1) is 0 Å². The van der Waals surface area contributed by atoms with Gasteiger partial charge in [-0.05, 0) is 38.0 Å². The van der Waals surface area contributed by atoms with Crippen molar-refractivity contribution in [3.63, 3.8) is 0 Å². The van der Waals surface area contributed by atoms with Gasteiger partial charge in [0.25, 0.3) is 5.91 Å². The summed E-state index contributed by atoms with van der Waals surface area (Å²) in [6.45, 7) is 5.50. The Morgan fingerprint density at radius 1 is 1.47 bits per heavy atom. The smallest absolute Gasteiger partial charge is 0.255 e. The lowest BCUT2D eigenvalue weighted by Gasteiger charge is -2.12. The van der Waals surface area contributed by atoms with Crippen molar-refractivity contribution in [2.75, 3.05) is 5.32 Å². The average Bonchev–Trinajstić information content (AvgIpc) is 2.22. The Kier molecular flexibility index (Phi) is 3.82. The Bertz CT molecular complexity index is 364. The number of carbonyl (C=O) groups is 1. The highest BCUT2D eigenvalue weighted by Crippen LogP contribution is 2.16. The van der Waals surface area contributed by atoms with E-state index in [0.29, 0.717) is 0 Å². The molecule has 0 radical (unpaired) electrons. The zero-order chi connectivity index (χ0) is 11.4. The summed E-state index contributed by atoms with van der Waals surface area (Å²) >= 11 is 0. The van der Waals surface area contributed by atoms with Crippen molar-refractivity contribution in [1.82, 2.24) is 0 Å². The third kappa shape index (κ3) is 3.04. The number of anilines is 1. The Hall–Kier alpha value is -1.39. The second kappa shape index (κ2) is 4.91. The maximum atomic E-state index is 11.5. The summed E-state index contributed by atoms with van der Waals surface area (Å²) in [5, 5.41) is 2.76. The number of benzene rings is 1. The third-order valence-corrected chi connectivity index (χ3v) is 2.22. The Balaban J connectivity index is 2.80. The first-order valence-electron chi connectivity index (χ1n) is 4.78. The molecule has 0 aliphatic rings. The fraction of sp³-hybridized carbons (Fsp3) is 0.364. The summed E-state index contributed by atoms with van der Waals surface area (Å²) in [5.74, 6) is 4.69. The lowest BCUT2D eigenvalue weighted by molar-refractivity contribution is -0.126. The van der Waals surface area contributed by atoms with Crippen LogP contribution in [0.4, 0.5) is 5.69 Å². The van der Waals surface area contributed by atoms with Crippen molar-refractivity contribution in [2.24, 2.45) is 5.90 Å². The van der Waals surface area contributed by atoms with Crippen LogP contribution in [0.3, 0.4) is 0 Å². The van der Waals surface area contributed by atoms with Crippen LogP contribution in [-0.2, 0) is 9.63 Å². The van der Waals surface area contributed by atoms with Crippen LogP contribution in [0.25, 0.3) is 0 Å². The molecule has 0 spiro atoms. The molecule has 0 heterocycles. The SMILES string of the molecule is Cc1ccc(C)c(NC(=O)C(C)ON)c1. The molecule has 0 aromatic heterocycles. The minimum atomic E-state index is -0.648. The number of nitrogens with one attached hydrogen (secondary N) is 1. The van der Waals surface area contributed by atoms with E-state index in [-0.39, 0.29) is 5.91 Å². The predicted octanol–water partition coefficient (Wildman–Crippen LogP) is 1.52. The Morgan fingerprint density at radius 2 is 2.13 bits per heavy atom. The first-order valence-corrected chi connectivity index (χ1v) is 4.78. The Labute approximate surface area is 89.4 Å². The highest BCUT2D eigenvalue weighted by atomic mass is 16.6. The molecule has 1 unspecified atom stereocenters. The maximum Gasteiger partial charge on any atom is 0.255 e. The van der Waals surface area contributed by atoms with Crippen molar-refractivity contribution in [3.8, 4) is 0 Å². The number of nitrogens with two attached hydrogens (primary N) is 1. The molecule has 15 heavy (non-hydrogen) atoms. The zero-order valence-electron chi connectivity index (χ0n) is 9.20. The van der Waals surface area contributed by atoms with Crippen LogP contribution in [0.5, 0.6) is 0 Å². The summed E-state index contributed by atoms with van der Waals surface area (Å²) in [5.41, 5.74) is 2.90. The first-order chi connectivity index (χ1) is 7.04. The van der Waals surface area contributed by atoms with Gasteiger partial charge in [-0.1, -0.05) is 12.1 Å². The molecule has 0 saturated carbocycles. The molecule has 0 saturated heterocycles. The van der Waals surface area contributed by atoms with Gasteiger partial charge in [-0.25, -0.2) is 5.90 Å². The molecular formula is C11H16N2O2. The lowest BCUT2D eigenvalue weighted by Crippen LogP contribution is -2.30. The zero-order valence-corrected chi connectivity index (χ0v) is 9.20. The molecule has 1 amide bonds. The van der Waals surface area contributed by atoms with Crippen LogP contribution in [0.15, 0.2) is 18.2 Å². The number of carbonyl (C=O) groups excluding carboxylic acids is 1. The molecule has 1 rings (SSSR count). The van der Waals surface area contributed by atoms with Gasteiger partial charge in [0.1, 0.15) is 0 Å². The summed E-state index contributed by atoms with van der Waals surface area (Å²) in [7, 11) is 0. The molecule has 3 N–H and O–H groups in total. The van der Waals surface area contributed by atoms with E-state index in [0.717, 1.165) is 16.8 Å². The van der Waals surface area contributed by atoms with Crippen molar-refractivity contribution in [3.05, 3.63) is 29.3 Å². The molecule has 0 fully saturated rings. The minimum absolute atomic E-state index is 0.244. The molecule has 0 bridgehead atoms. The van der Waals surface area contributed by atoms with Crippen molar-refractivity contribution in [1.29, 1.82) is 0 Å². The van der Waals surface area contributed by atoms with E-state index < -0.39 is 6.10 Å². The standard InChI is InChI=1S/C11H16N2O2/c1-7-4-5-8(2)10(6-7)13-11(14)9(3)15-12/h4-6,9H,12H2,1-3H3,(H,13,14). The highest BCUT2D eigenvalue weighted by Gasteiger charge is 2.13. The van der Waals surface area contributed by atoms with Gasteiger partial charge in [0.15, 0.2) is 6.10 Å². The average molecular weight is 208 g/mol. The van der Waals surface area contributed by atoms with Crippen LogP contribution < -0.4 is 11.2 Å². The monoisotopic (exact) mass is 208 g/mol. The number of hydrogen-bond acceptors (Lipinski definition) is 3. The van der Waals surface area contributed by atoms with E-state index in [2.05, 4.69) is 10.2 Å². The maximum absolute atomic E-state index is 11.5. The first kappa shape index (κ1) is 11.7. The van der Waals surface area contributed by atoms with Gasteiger partial charge in [-0.2, -0.15) is 0 Å². The molecule has 0 aliphatic heterocycles. The van der Waals surface area contributed by atoms with Crippen LogP contribution >= 0.6 is 0 Å². The van der Waals surface area contributed by atoms with Gasteiger partial charge in [-0.3, -0.25) is 9.63 Å². The van der Waals surface area contributed by atoms with Gasteiger partial charge in [0.05, 0.1) is 0 Å². The molecular weight excluding hydrogens is 192 g/mol. The van der Waals surface area contributed by atoms with E-state index in [1.165, 1.54) is 0 Å². The van der Waals surface area contributed by atoms with Gasteiger partial charge in [0, 0.05) is 5.69 Å². The quantitative estimate of drug-likeness (QED) is 0.740. The van der Waals surface area contributed by atoms with Crippen molar-refractivity contribution >= 4 is 11.6 Å². The van der Waals surface area contributed by atoms with Crippen molar-refractivity contribution < 1.29 is 9.63 Å². The number of rotatable bonds is 3. The Morgan fingerprint density at radius 3 is 2.73 bits per heavy atom. The minimum Gasteiger partial charge on any atom is -0.324 e. The predicted molar refractivity (Wildman–Crippen MR) is 59.3 cm³/mol. The van der Waals surface area contributed by atoms with E-state index in [1.54, 1.807) is 6.92 Å². The van der Waals surface area contributed by atoms with E-state index in [1.807, 2.05) is 32.0 Å². The highest BCUT2D eigenvalue weighted by molar-refractivity contribution is 5.94. The second-order valence-corrected chi connectivity index (χ2v) is 3.59. The van der Waals surface area contributed by atoms with Crippen molar-refractivity contribution in [2.45, 2.75) is 26.9 Å². The fourth-order valence-electron chi connectivity index (χ4n) is 1.17. The van der Waals surface area contributed by atoms with Gasteiger partial charge >= 0.3 is 0 Å². The third-order valence-electron chi connectivity index (χ3n) is 2.22. The summed E-state index contributed by atoms with van der Waals surface area (Å²) in [6, 6.07) is 5.86. The topological polar surface area (TPSA) is 64.3 Å². The number of aryl methyl sites for hydroxylation is 2. The fourth-order valence-corrected chi connectivity index (χ4v) is 1.17. The van der Waals surface area contributed by atoms with E-state index in [9.17, 15) is 4.79 Å². The lowest BCUT2D eigenvalue weighted by atomic mass is 10.1. The summed E-state index contributed by atoms with van der Waals surface area (Å²) in [6.07, 6.45) is -0.648. The van der Waals surface area contributed by atoms with Crippen LogP contribution in [-0.4, -0.2) is 12.0 Å². The molecule has 4 nitrogen and oxygen atoms in total. The van der Waals surface area contributed by atoms with Crippen LogP contribution in [0, 0.1) is 13.8 Å². The second-order valence-electron chi connectivity index (χ2n) is 3.59. The number of amides is 1. The normalized spacial score (nSPS) is 12.3. The summed E-state index contributed by atoms with van der Waals surface area (Å²) < 4.78 is 0. The molecule has 0 aliphatic carbocycles. The van der Waals surface area contributed by atoms with Gasteiger partial charge in [0.2, 0.25) is 0 Å². The molecule has 82 valence electrons. The summed E-state index contributed by atoms with van der Waals surface area (Å²) in [4.78, 5) is 15.9. The molecule has 1 aromatic rings. The van der Waals surface area contributed by atoms with E-state index in [4.69, 9.17) is 5.90 Å². The van der Waals surface area contributed by atoms with Gasteiger partial charge < -0.3 is 5.32 Å². The largest absolute Gasteiger partial charge is 0.324 e.